The van der Waals surface area contributed by atoms with Crippen molar-refractivity contribution in [1.82, 2.24) is 19.2 Å². The van der Waals surface area contributed by atoms with Crippen molar-refractivity contribution in [3.8, 4) is 5.69 Å². The van der Waals surface area contributed by atoms with Gasteiger partial charge in [0, 0.05) is 13.2 Å². The number of carbonyl (C=O) groups excluding carboxylic acids is 2. The van der Waals surface area contributed by atoms with Gasteiger partial charge in [-0.15, -0.1) is 0 Å². The number of esters is 1. The van der Waals surface area contributed by atoms with Crippen LogP contribution in [0.2, 0.25) is 0 Å². The normalized spacial score (nSPS) is 20.1. The molecule has 0 radical (unpaired) electrons. The Balaban J connectivity index is 1.71. The van der Waals surface area contributed by atoms with Gasteiger partial charge in [-0.05, 0) is 25.0 Å². The third kappa shape index (κ3) is 3.71. The molecule has 1 unspecified atom stereocenters. The molecule has 1 aromatic carbocycles. The Morgan fingerprint density at radius 2 is 2.13 bits per heavy atom. The van der Waals surface area contributed by atoms with Crippen LogP contribution in [0.5, 0.6) is 0 Å². The third-order valence-corrected chi connectivity index (χ3v) is 7.04. The molecule has 0 bridgehead atoms. The highest BCUT2D eigenvalue weighted by atomic mass is 32.2. The lowest BCUT2D eigenvalue weighted by Gasteiger charge is -2.19. The third-order valence-electron chi connectivity index (χ3n) is 5.20. The van der Waals surface area contributed by atoms with Crippen LogP contribution in [0.4, 0.5) is 0 Å². The first-order valence-corrected chi connectivity index (χ1v) is 11.0. The molecule has 0 spiro atoms. The fourth-order valence-corrected chi connectivity index (χ4v) is 5.16. The molecule has 30 heavy (non-hydrogen) atoms. The highest BCUT2D eigenvalue weighted by Gasteiger charge is 2.36. The minimum atomic E-state index is -4.00. The van der Waals surface area contributed by atoms with E-state index in [2.05, 4.69) is 15.0 Å². The Hall–Kier alpha value is -2.76. The minimum Gasteiger partial charge on any atom is -0.468 e. The van der Waals surface area contributed by atoms with Gasteiger partial charge in [-0.2, -0.15) is 4.31 Å². The SMILES string of the molecule is COC(=O)CN1Cc2c(C(=O)NCC3CCCO3)ncn2-c2ccccc2S1(=O)=O. The van der Waals surface area contributed by atoms with E-state index >= 15 is 0 Å². The summed E-state index contributed by atoms with van der Waals surface area (Å²) in [6.45, 7) is 0.355. The van der Waals surface area contributed by atoms with E-state index < -0.39 is 28.4 Å². The molecule has 2 aliphatic heterocycles. The van der Waals surface area contributed by atoms with E-state index in [1.807, 2.05) is 0 Å². The Labute approximate surface area is 173 Å². The van der Waals surface area contributed by atoms with Crippen LogP contribution in [0.15, 0.2) is 35.5 Å². The molecule has 2 aromatic rings. The van der Waals surface area contributed by atoms with E-state index in [4.69, 9.17) is 4.74 Å². The van der Waals surface area contributed by atoms with Crippen molar-refractivity contribution in [2.75, 3.05) is 26.8 Å². The number of sulfonamides is 1. The van der Waals surface area contributed by atoms with Crippen molar-refractivity contribution >= 4 is 21.9 Å². The lowest BCUT2D eigenvalue weighted by atomic mass is 10.2. The first-order chi connectivity index (χ1) is 14.4. The van der Waals surface area contributed by atoms with E-state index in [-0.39, 0.29) is 23.2 Å². The van der Waals surface area contributed by atoms with Crippen LogP contribution in [0.25, 0.3) is 5.69 Å². The molecular weight excluding hydrogens is 412 g/mol. The smallest absolute Gasteiger partial charge is 0.321 e. The van der Waals surface area contributed by atoms with Gasteiger partial charge in [-0.3, -0.25) is 14.2 Å². The van der Waals surface area contributed by atoms with Gasteiger partial charge in [-0.25, -0.2) is 13.4 Å². The zero-order chi connectivity index (χ0) is 21.3. The van der Waals surface area contributed by atoms with Gasteiger partial charge in [0.1, 0.15) is 17.8 Å². The van der Waals surface area contributed by atoms with Crippen LogP contribution in [-0.2, 0) is 30.8 Å². The number of methoxy groups -OCH3 is 1. The Kier molecular flexibility index (Phi) is 5.58. The summed E-state index contributed by atoms with van der Waals surface area (Å²) in [5, 5.41) is 2.81. The monoisotopic (exact) mass is 434 g/mol. The molecule has 4 rings (SSSR count). The Morgan fingerprint density at radius 1 is 1.33 bits per heavy atom. The predicted octanol–water partition coefficient (Wildman–Crippen LogP) is 0.458. The number of carbonyl (C=O) groups is 2. The lowest BCUT2D eigenvalue weighted by molar-refractivity contribution is -0.140. The molecule has 0 aliphatic carbocycles. The molecule has 1 atom stereocenters. The molecule has 10 nitrogen and oxygen atoms in total. The van der Waals surface area contributed by atoms with Crippen LogP contribution >= 0.6 is 0 Å². The standard InChI is InChI=1S/C19H22N4O6S/c1-28-17(24)11-22-10-15-18(19(25)20-9-13-5-4-8-29-13)21-12-23(15)14-6-2-3-7-16(14)30(22,26)27/h2-3,6-7,12-13H,4-5,8-11H2,1H3,(H,20,25). The average Bonchev–Trinajstić information content (AvgIpc) is 3.39. The van der Waals surface area contributed by atoms with E-state index in [1.54, 1.807) is 22.8 Å². The summed E-state index contributed by atoms with van der Waals surface area (Å²) >= 11 is 0. The number of hydrogen-bond donors (Lipinski definition) is 1. The van der Waals surface area contributed by atoms with Crippen molar-refractivity contribution in [2.24, 2.45) is 0 Å². The summed E-state index contributed by atoms with van der Waals surface area (Å²) < 4.78 is 39.1. The molecule has 1 saturated heterocycles. The topological polar surface area (TPSA) is 120 Å². The molecule has 11 heteroatoms. The largest absolute Gasteiger partial charge is 0.468 e. The summed E-state index contributed by atoms with van der Waals surface area (Å²) in [4.78, 5) is 28.9. The number of benzene rings is 1. The number of aromatic nitrogens is 2. The first-order valence-electron chi connectivity index (χ1n) is 9.54. The lowest BCUT2D eigenvalue weighted by Crippen LogP contribution is -2.36. The van der Waals surface area contributed by atoms with Crippen LogP contribution in [0, 0.1) is 0 Å². The van der Waals surface area contributed by atoms with Crippen LogP contribution in [0.3, 0.4) is 0 Å². The number of imidazole rings is 1. The molecule has 1 aromatic heterocycles. The van der Waals surface area contributed by atoms with Crippen molar-refractivity contribution in [2.45, 2.75) is 30.4 Å². The molecule has 2 aliphatic rings. The van der Waals surface area contributed by atoms with Gasteiger partial charge in [0.15, 0.2) is 5.69 Å². The number of nitrogens with one attached hydrogen (secondary N) is 1. The van der Waals surface area contributed by atoms with Crippen molar-refractivity contribution in [3.05, 3.63) is 42.0 Å². The number of para-hydroxylation sites is 1. The van der Waals surface area contributed by atoms with Crippen molar-refractivity contribution < 1.29 is 27.5 Å². The van der Waals surface area contributed by atoms with Gasteiger partial charge in [0.05, 0.1) is 31.1 Å². The van der Waals surface area contributed by atoms with Gasteiger partial charge in [0.2, 0.25) is 10.0 Å². The highest BCUT2D eigenvalue weighted by molar-refractivity contribution is 7.89. The van der Waals surface area contributed by atoms with E-state index in [9.17, 15) is 18.0 Å². The van der Waals surface area contributed by atoms with E-state index in [1.165, 1.54) is 19.5 Å². The number of fused-ring (bicyclic) bond motifs is 3. The van der Waals surface area contributed by atoms with Crippen molar-refractivity contribution in [3.63, 3.8) is 0 Å². The molecular formula is C19H22N4O6S. The van der Waals surface area contributed by atoms with Gasteiger partial charge < -0.3 is 14.8 Å². The van der Waals surface area contributed by atoms with Crippen LogP contribution < -0.4 is 5.32 Å². The second-order valence-electron chi connectivity index (χ2n) is 7.07. The van der Waals surface area contributed by atoms with Gasteiger partial charge in [0.25, 0.3) is 5.91 Å². The molecule has 1 amide bonds. The first kappa shape index (κ1) is 20.5. The fraction of sp³-hybridized carbons (Fsp3) is 0.421. The number of hydrogen-bond acceptors (Lipinski definition) is 7. The highest BCUT2D eigenvalue weighted by Crippen LogP contribution is 2.31. The predicted molar refractivity (Wildman–Crippen MR) is 104 cm³/mol. The summed E-state index contributed by atoms with van der Waals surface area (Å²) in [6.07, 6.45) is 3.22. The molecule has 160 valence electrons. The van der Waals surface area contributed by atoms with Crippen LogP contribution in [-0.4, -0.2) is 67.1 Å². The van der Waals surface area contributed by atoms with E-state index in [0.29, 0.717) is 24.5 Å². The number of amides is 1. The van der Waals surface area contributed by atoms with E-state index in [0.717, 1.165) is 17.1 Å². The number of rotatable bonds is 5. The zero-order valence-electron chi connectivity index (χ0n) is 16.4. The summed E-state index contributed by atoms with van der Waals surface area (Å²) in [7, 11) is -2.81. The van der Waals surface area contributed by atoms with Crippen LogP contribution in [0.1, 0.15) is 29.0 Å². The maximum atomic E-state index is 13.2. The molecule has 3 heterocycles. The Bertz CT molecular complexity index is 1070. The minimum absolute atomic E-state index is 0.0244. The van der Waals surface area contributed by atoms with Gasteiger partial charge in [-0.1, -0.05) is 12.1 Å². The summed E-state index contributed by atoms with van der Waals surface area (Å²) in [5.41, 5.74) is 0.845. The molecule has 1 N–H and O–H groups in total. The zero-order valence-corrected chi connectivity index (χ0v) is 17.2. The average molecular weight is 434 g/mol. The maximum Gasteiger partial charge on any atom is 0.321 e. The summed E-state index contributed by atoms with van der Waals surface area (Å²) in [5.74, 6) is -1.12. The second kappa shape index (κ2) is 8.17. The van der Waals surface area contributed by atoms with Crippen molar-refractivity contribution in [1.29, 1.82) is 0 Å². The Morgan fingerprint density at radius 3 is 2.87 bits per heavy atom. The quantitative estimate of drug-likeness (QED) is 0.679. The molecule has 1 fully saturated rings. The number of nitrogens with zero attached hydrogens (tertiary/aromatic N) is 3. The second-order valence-corrected chi connectivity index (χ2v) is 8.98. The van der Waals surface area contributed by atoms with Gasteiger partial charge >= 0.3 is 5.97 Å². The molecule has 0 saturated carbocycles. The fourth-order valence-electron chi connectivity index (χ4n) is 3.63. The number of ether oxygens (including phenoxy) is 2. The maximum absolute atomic E-state index is 13.2. The summed E-state index contributed by atoms with van der Waals surface area (Å²) in [6, 6.07) is 6.39.